The molecule has 1 aromatic rings. The van der Waals surface area contributed by atoms with Crippen molar-refractivity contribution in [3.8, 4) is 0 Å². The van der Waals surface area contributed by atoms with Gasteiger partial charge in [0.05, 0.1) is 17.4 Å². The quantitative estimate of drug-likeness (QED) is 0.897. The summed E-state index contributed by atoms with van der Waals surface area (Å²) in [7, 11) is 0. The van der Waals surface area contributed by atoms with E-state index in [1.165, 1.54) is 18.9 Å². The second-order valence-electron chi connectivity index (χ2n) is 5.67. The van der Waals surface area contributed by atoms with Crippen molar-refractivity contribution in [3.63, 3.8) is 0 Å². The molecule has 4 heteroatoms. The van der Waals surface area contributed by atoms with Crippen LogP contribution in [0.4, 0.5) is 14.5 Å². The van der Waals surface area contributed by atoms with Crippen LogP contribution in [0.1, 0.15) is 38.5 Å². The highest BCUT2D eigenvalue weighted by Crippen LogP contribution is 2.43. The molecule has 1 heterocycles. The summed E-state index contributed by atoms with van der Waals surface area (Å²) in [4.78, 5) is 0. The molecule has 2 fully saturated rings. The molecule has 1 unspecified atom stereocenters. The number of halogens is 2. The molecule has 0 aromatic heterocycles. The highest BCUT2D eigenvalue weighted by atomic mass is 19.1. The fourth-order valence-corrected chi connectivity index (χ4v) is 3.28. The van der Waals surface area contributed by atoms with Gasteiger partial charge in [0.2, 0.25) is 0 Å². The second-order valence-corrected chi connectivity index (χ2v) is 5.67. The van der Waals surface area contributed by atoms with Gasteiger partial charge in [-0.15, -0.1) is 0 Å². The minimum Gasteiger partial charge on any atom is -0.380 e. The molecule has 3 rings (SSSR count). The van der Waals surface area contributed by atoms with Crippen molar-refractivity contribution in [1.29, 1.82) is 0 Å². The molecule has 1 saturated heterocycles. The van der Waals surface area contributed by atoms with Crippen LogP contribution in [0.3, 0.4) is 0 Å². The van der Waals surface area contributed by atoms with Gasteiger partial charge in [0, 0.05) is 6.54 Å². The normalized spacial score (nSPS) is 25.1. The lowest BCUT2D eigenvalue weighted by Gasteiger charge is -2.24. The lowest BCUT2D eigenvalue weighted by atomic mass is 9.98. The lowest BCUT2D eigenvalue weighted by Crippen LogP contribution is -2.28. The van der Waals surface area contributed by atoms with Crippen molar-refractivity contribution in [1.82, 2.24) is 0 Å². The molecule has 1 aliphatic carbocycles. The SMILES string of the molecule is Fc1ccc(F)c(NCC2CCC3(CCCC3)O2)c1. The van der Waals surface area contributed by atoms with Crippen molar-refractivity contribution < 1.29 is 13.5 Å². The van der Waals surface area contributed by atoms with Crippen molar-refractivity contribution >= 4 is 5.69 Å². The van der Waals surface area contributed by atoms with Crippen LogP contribution in [0.2, 0.25) is 0 Å². The predicted molar refractivity (Wildman–Crippen MR) is 70.2 cm³/mol. The zero-order valence-electron chi connectivity index (χ0n) is 10.9. The van der Waals surface area contributed by atoms with Gasteiger partial charge >= 0.3 is 0 Å². The van der Waals surface area contributed by atoms with Crippen LogP contribution in [0.5, 0.6) is 0 Å². The lowest BCUT2D eigenvalue weighted by molar-refractivity contribution is -0.0307. The predicted octanol–water partition coefficient (Wildman–Crippen LogP) is 3.87. The highest BCUT2D eigenvalue weighted by molar-refractivity contribution is 5.44. The molecule has 2 nitrogen and oxygen atoms in total. The van der Waals surface area contributed by atoms with E-state index in [0.29, 0.717) is 6.54 Å². The van der Waals surface area contributed by atoms with E-state index in [1.807, 2.05) is 0 Å². The number of ether oxygens (including phenoxy) is 1. The first-order valence-electron chi connectivity index (χ1n) is 7.04. The summed E-state index contributed by atoms with van der Waals surface area (Å²) >= 11 is 0. The zero-order valence-corrected chi connectivity index (χ0v) is 10.9. The Balaban J connectivity index is 1.57. The van der Waals surface area contributed by atoms with Gasteiger partial charge in [0.25, 0.3) is 0 Å². The molecule has 2 aliphatic rings. The Kier molecular flexibility index (Phi) is 3.44. The average Bonchev–Trinajstić information content (AvgIpc) is 3.02. The van der Waals surface area contributed by atoms with Crippen molar-refractivity contribution in [2.75, 3.05) is 11.9 Å². The minimum absolute atomic E-state index is 0.0901. The maximum Gasteiger partial charge on any atom is 0.146 e. The van der Waals surface area contributed by atoms with Gasteiger partial charge in [-0.25, -0.2) is 8.78 Å². The molecule has 1 aliphatic heterocycles. The Bertz CT molecular complexity index is 457. The number of hydrogen-bond acceptors (Lipinski definition) is 2. The number of rotatable bonds is 3. The number of hydrogen-bond donors (Lipinski definition) is 1. The molecule has 0 radical (unpaired) electrons. The fourth-order valence-electron chi connectivity index (χ4n) is 3.28. The van der Waals surface area contributed by atoms with Crippen LogP contribution < -0.4 is 5.32 Å². The van der Waals surface area contributed by atoms with Crippen LogP contribution in [-0.2, 0) is 4.74 Å². The third-order valence-electron chi connectivity index (χ3n) is 4.30. The van der Waals surface area contributed by atoms with Gasteiger partial charge < -0.3 is 10.1 Å². The second kappa shape index (κ2) is 5.08. The summed E-state index contributed by atoms with van der Waals surface area (Å²) in [5.74, 6) is -0.849. The molecule has 0 amide bonds. The monoisotopic (exact) mass is 267 g/mol. The van der Waals surface area contributed by atoms with Gasteiger partial charge in [-0.2, -0.15) is 0 Å². The Labute approximate surface area is 112 Å². The van der Waals surface area contributed by atoms with Crippen LogP contribution in [0.25, 0.3) is 0 Å². The van der Waals surface area contributed by atoms with E-state index >= 15 is 0 Å². The summed E-state index contributed by atoms with van der Waals surface area (Å²) in [5.41, 5.74) is 0.309. The third-order valence-corrected chi connectivity index (χ3v) is 4.30. The van der Waals surface area contributed by atoms with Crippen molar-refractivity contribution in [3.05, 3.63) is 29.8 Å². The number of nitrogens with one attached hydrogen (secondary N) is 1. The van der Waals surface area contributed by atoms with E-state index in [2.05, 4.69) is 5.32 Å². The van der Waals surface area contributed by atoms with Gasteiger partial charge in [-0.1, -0.05) is 12.8 Å². The molecule has 1 N–H and O–H groups in total. The highest BCUT2D eigenvalue weighted by Gasteiger charge is 2.41. The first kappa shape index (κ1) is 12.9. The van der Waals surface area contributed by atoms with E-state index in [1.54, 1.807) is 0 Å². The first-order chi connectivity index (χ1) is 9.17. The van der Waals surface area contributed by atoms with Crippen LogP contribution in [0, 0.1) is 11.6 Å². The molecule has 1 aromatic carbocycles. The maximum absolute atomic E-state index is 13.5. The summed E-state index contributed by atoms with van der Waals surface area (Å²) in [6.07, 6.45) is 7.02. The van der Waals surface area contributed by atoms with Crippen molar-refractivity contribution in [2.45, 2.75) is 50.2 Å². The molecule has 1 saturated carbocycles. The minimum atomic E-state index is -0.427. The van der Waals surface area contributed by atoms with Crippen molar-refractivity contribution in [2.24, 2.45) is 0 Å². The van der Waals surface area contributed by atoms with E-state index in [4.69, 9.17) is 4.74 Å². The van der Waals surface area contributed by atoms with Gasteiger partial charge in [0.1, 0.15) is 11.6 Å². The van der Waals surface area contributed by atoms with Gasteiger partial charge in [-0.05, 0) is 43.9 Å². The number of benzene rings is 1. The summed E-state index contributed by atoms with van der Waals surface area (Å²) in [6, 6.07) is 3.46. The van der Waals surface area contributed by atoms with E-state index in [-0.39, 0.29) is 17.4 Å². The Hall–Kier alpha value is -1.16. The molecule has 19 heavy (non-hydrogen) atoms. The third kappa shape index (κ3) is 2.73. The molecule has 1 spiro atoms. The van der Waals surface area contributed by atoms with Crippen LogP contribution >= 0.6 is 0 Å². The number of anilines is 1. The smallest absolute Gasteiger partial charge is 0.146 e. The first-order valence-corrected chi connectivity index (χ1v) is 7.04. The molecule has 104 valence electrons. The summed E-state index contributed by atoms with van der Waals surface area (Å²) in [5, 5.41) is 2.96. The summed E-state index contributed by atoms with van der Waals surface area (Å²) in [6.45, 7) is 0.544. The molecule has 1 atom stereocenters. The maximum atomic E-state index is 13.5. The Morgan fingerprint density at radius 3 is 2.79 bits per heavy atom. The van der Waals surface area contributed by atoms with E-state index in [9.17, 15) is 8.78 Å². The zero-order chi connectivity index (χ0) is 13.3. The van der Waals surface area contributed by atoms with Gasteiger partial charge in [0.15, 0.2) is 0 Å². The van der Waals surface area contributed by atoms with Gasteiger partial charge in [-0.3, -0.25) is 0 Å². The Morgan fingerprint density at radius 1 is 1.21 bits per heavy atom. The molecular formula is C15H19F2NO. The molecule has 0 bridgehead atoms. The largest absolute Gasteiger partial charge is 0.380 e. The van der Waals surface area contributed by atoms with Crippen LogP contribution in [-0.4, -0.2) is 18.2 Å². The van der Waals surface area contributed by atoms with E-state index < -0.39 is 11.6 Å². The van der Waals surface area contributed by atoms with Crippen LogP contribution in [0.15, 0.2) is 18.2 Å². The topological polar surface area (TPSA) is 21.3 Å². The molecular weight excluding hydrogens is 248 g/mol. The fraction of sp³-hybridized carbons (Fsp3) is 0.600. The average molecular weight is 267 g/mol. The Morgan fingerprint density at radius 2 is 2.00 bits per heavy atom. The standard InChI is InChI=1S/C15H19F2NO/c16-11-3-4-13(17)14(9-11)18-10-12-5-8-15(19-12)6-1-2-7-15/h3-4,9,12,18H,1-2,5-8,10H2. The van der Waals surface area contributed by atoms with E-state index in [0.717, 1.165) is 37.8 Å². The summed E-state index contributed by atoms with van der Waals surface area (Å²) < 4.78 is 32.6.